The topological polar surface area (TPSA) is 12.5 Å². The van der Waals surface area contributed by atoms with E-state index in [0.29, 0.717) is 28.5 Å². The SMILES string of the molecule is CC1(C)CCC2CC3CC21C(C)(C)C1OC31. The van der Waals surface area contributed by atoms with E-state index in [1.807, 2.05) is 0 Å². The average Bonchev–Trinajstić information content (AvgIpc) is 2.84. The monoisotopic (exact) mass is 220 g/mol. The first-order valence-electron chi connectivity index (χ1n) is 7.06. The molecule has 1 saturated heterocycles. The van der Waals surface area contributed by atoms with E-state index in [1.54, 1.807) is 0 Å². The second-order valence-electron chi connectivity index (χ2n) is 8.03. The van der Waals surface area contributed by atoms with E-state index in [2.05, 4.69) is 27.7 Å². The highest BCUT2D eigenvalue weighted by atomic mass is 16.6. The molecule has 1 spiro atoms. The van der Waals surface area contributed by atoms with Crippen LogP contribution in [0.2, 0.25) is 0 Å². The molecule has 1 aliphatic heterocycles. The molecule has 0 aromatic carbocycles. The molecular weight excluding hydrogens is 196 g/mol. The maximum absolute atomic E-state index is 6.02. The highest BCUT2D eigenvalue weighted by Crippen LogP contribution is 2.78. The number of ether oxygens (including phenoxy) is 1. The Kier molecular flexibility index (Phi) is 1.48. The Bertz CT molecular complexity index is 356. The van der Waals surface area contributed by atoms with Gasteiger partial charge in [0.05, 0.1) is 12.2 Å². The molecule has 4 rings (SSSR count). The van der Waals surface area contributed by atoms with Crippen molar-refractivity contribution in [3.8, 4) is 0 Å². The molecule has 1 heterocycles. The highest BCUT2D eigenvalue weighted by Gasteiger charge is 2.76. The van der Waals surface area contributed by atoms with Crippen molar-refractivity contribution >= 4 is 0 Å². The van der Waals surface area contributed by atoms with Crippen molar-refractivity contribution < 1.29 is 4.74 Å². The van der Waals surface area contributed by atoms with Crippen LogP contribution < -0.4 is 0 Å². The third-order valence-electron chi connectivity index (χ3n) is 7.05. The molecule has 3 saturated carbocycles. The minimum atomic E-state index is 0.412. The zero-order valence-corrected chi connectivity index (χ0v) is 11.0. The van der Waals surface area contributed by atoms with Crippen molar-refractivity contribution in [2.75, 3.05) is 0 Å². The standard InChI is InChI=1S/C15H24O/c1-13(2)6-5-10-7-9-8-15(10,13)14(3,4)12-11(9)16-12/h9-12H,5-8H2,1-4H3. The van der Waals surface area contributed by atoms with Gasteiger partial charge in [0, 0.05) is 0 Å². The van der Waals surface area contributed by atoms with Crippen molar-refractivity contribution in [2.45, 2.75) is 65.6 Å². The zero-order chi connectivity index (χ0) is 11.3. The second-order valence-corrected chi connectivity index (χ2v) is 8.03. The maximum Gasteiger partial charge on any atom is 0.0901 e. The highest BCUT2D eigenvalue weighted by molar-refractivity contribution is 5.24. The van der Waals surface area contributed by atoms with E-state index >= 15 is 0 Å². The Morgan fingerprint density at radius 3 is 2.62 bits per heavy atom. The predicted molar refractivity (Wildman–Crippen MR) is 64.1 cm³/mol. The lowest BCUT2D eigenvalue weighted by molar-refractivity contribution is -0.0676. The van der Waals surface area contributed by atoms with Crippen LogP contribution >= 0.6 is 0 Å². The van der Waals surface area contributed by atoms with Gasteiger partial charge in [-0.2, -0.15) is 0 Å². The van der Waals surface area contributed by atoms with Crippen LogP contribution in [0.3, 0.4) is 0 Å². The van der Waals surface area contributed by atoms with Crippen molar-refractivity contribution in [2.24, 2.45) is 28.1 Å². The third-order valence-corrected chi connectivity index (χ3v) is 7.05. The van der Waals surface area contributed by atoms with E-state index in [4.69, 9.17) is 4.74 Å². The van der Waals surface area contributed by atoms with Gasteiger partial charge in [0.25, 0.3) is 0 Å². The number of fused-ring (bicyclic) bond motifs is 3. The number of hydrogen-bond donors (Lipinski definition) is 0. The van der Waals surface area contributed by atoms with E-state index in [9.17, 15) is 0 Å². The van der Waals surface area contributed by atoms with Crippen LogP contribution in [0.25, 0.3) is 0 Å². The van der Waals surface area contributed by atoms with Gasteiger partial charge >= 0.3 is 0 Å². The van der Waals surface area contributed by atoms with Gasteiger partial charge in [-0.15, -0.1) is 0 Å². The number of epoxide rings is 1. The van der Waals surface area contributed by atoms with Gasteiger partial charge in [0.1, 0.15) is 0 Å². The number of hydrogen-bond acceptors (Lipinski definition) is 1. The van der Waals surface area contributed by atoms with E-state index in [1.165, 1.54) is 25.7 Å². The molecule has 0 amide bonds. The van der Waals surface area contributed by atoms with E-state index in [-0.39, 0.29) is 0 Å². The van der Waals surface area contributed by atoms with Crippen LogP contribution in [0.1, 0.15) is 53.4 Å². The fraction of sp³-hybridized carbons (Fsp3) is 1.00. The fourth-order valence-corrected chi connectivity index (χ4v) is 6.41. The normalized spacial score (nSPS) is 59.2. The summed E-state index contributed by atoms with van der Waals surface area (Å²) in [7, 11) is 0. The van der Waals surface area contributed by atoms with Gasteiger partial charge in [-0.25, -0.2) is 0 Å². The van der Waals surface area contributed by atoms with Gasteiger partial charge < -0.3 is 4.74 Å². The minimum absolute atomic E-state index is 0.412. The maximum atomic E-state index is 6.02. The van der Waals surface area contributed by atoms with Crippen molar-refractivity contribution in [3.63, 3.8) is 0 Å². The first-order valence-corrected chi connectivity index (χ1v) is 7.06. The quantitative estimate of drug-likeness (QED) is 0.568. The lowest BCUT2D eigenvalue weighted by Gasteiger charge is -2.54. The molecule has 1 heteroatoms. The van der Waals surface area contributed by atoms with Crippen LogP contribution in [0.15, 0.2) is 0 Å². The van der Waals surface area contributed by atoms with E-state index in [0.717, 1.165) is 11.8 Å². The van der Waals surface area contributed by atoms with Gasteiger partial charge in [-0.3, -0.25) is 0 Å². The molecule has 90 valence electrons. The summed E-state index contributed by atoms with van der Waals surface area (Å²) in [5, 5.41) is 0. The van der Waals surface area contributed by atoms with Crippen LogP contribution in [0.5, 0.6) is 0 Å². The second kappa shape index (κ2) is 2.39. The van der Waals surface area contributed by atoms with Gasteiger partial charge in [0.2, 0.25) is 0 Å². The Morgan fingerprint density at radius 1 is 1.12 bits per heavy atom. The predicted octanol–water partition coefficient (Wildman–Crippen LogP) is 3.63. The fourth-order valence-electron chi connectivity index (χ4n) is 6.41. The summed E-state index contributed by atoms with van der Waals surface area (Å²) in [5.41, 5.74) is 1.53. The first kappa shape index (κ1) is 9.94. The molecule has 16 heavy (non-hydrogen) atoms. The molecule has 5 unspecified atom stereocenters. The van der Waals surface area contributed by atoms with Crippen LogP contribution in [0, 0.1) is 28.1 Å². The Morgan fingerprint density at radius 2 is 1.88 bits per heavy atom. The van der Waals surface area contributed by atoms with Crippen LogP contribution in [-0.2, 0) is 4.74 Å². The summed E-state index contributed by atoms with van der Waals surface area (Å²) in [4.78, 5) is 0. The van der Waals surface area contributed by atoms with Crippen molar-refractivity contribution in [1.82, 2.24) is 0 Å². The molecule has 5 atom stereocenters. The zero-order valence-electron chi connectivity index (χ0n) is 11.0. The Labute approximate surface area is 98.9 Å². The molecule has 2 bridgehead atoms. The summed E-state index contributed by atoms with van der Waals surface area (Å²) < 4.78 is 6.02. The van der Waals surface area contributed by atoms with Crippen molar-refractivity contribution in [3.05, 3.63) is 0 Å². The van der Waals surface area contributed by atoms with Crippen LogP contribution in [0.4, 0.5) is 0 Å². The molecule has 1 nitrogen and oxygen atoms in total. The Balaban J connectivity index is 1.90. The first-order chi connectivity index (χ1) is 7.40. The lowest BCUT2D eigenvalue weighted by atomic mass is 9.49. The Hall–Kier alpha value is -0.0400. The molecular formula is C15H24O. The van der Waals surface area contributed by atoms with Gasteiger partial charge in [0.15, 0.2) is 0 Å². The van der Waals surface area contributed by atoms with Crippen molar-refractivity contribution in [1.29, 1.82) is 0 Å². The molecule has 0 radical (unpaired) electrons. The molecule has 0 aromatic rings. The van der Waals surface area contributed by atoms with Gasteiger partial charge in [-0.1, -0.05) is 27.7 Å². The molecule has 4 fully saturated rings. The van der Waals surface area contributed by atoms with Gasteiger partial charge in [-0.05, 0) is 53.8 Å². The average molecular weight is 220 g/mol. The summed E-state index contributed by atoms with van der Waals surface area (Å²) in [5.74, 6) is 1.90. The molecule has 0 aromatic heterocycles. The molecule has 0 N–H and O–H groups in total. The molecule has 4 aliphatic rings. The number of rotatable bonds is 0. The lowest BCUT2D eigenvalue weighted by Crippen LogP contribution is -2.52. The van der Waals surface area contributed by atoms with E-state index < -0.39 is 0 Å². The molecule has 3 aliphatic carbocycles. The smallest absolute Gasteiger partial charge is 0.0901 e. The summed E-state index contributed by atoms with van der Waals surface area (Å²) in [6.07, 6.45) is 7.07. The van der Waals surface area contributed by atoms with Crippen LogP contribution in [-0.4, -0.2) is 12.2 Å². The summed E-state index contributed by atoms with van der Waals surface area (Å²) >= 11 is 0. The summed E-state index contributed by atoms with van der Waals surface area (Å²) in [6, 6.07) is 0. The third kappa shape index (κ3) is 0.776. The minimum Gasteiger partial charge on any atom is -0.369 e. The largest absolute Gasteiger partial charge is 0.369 e. The summed E-state index contributed by atoms with van der Waals surface area (Å²) in [6.45, 7) is 10.1.